The summed E-state index contributed by atoms with van der Waals surface area (Å²) >= 11 is 0. The summed E-state index contributed by atoms with van der Waals surface area (Å²) in [6.45, 7) is 2.03. The minimum absolute atomic E-state index is 0.295. The number of aryl methyl sites for hydroxylation is 1. The highest BCUT2D eigenvalue weighted by Gasteiger charge is 2.44. The standard InChI is InChI=1S/C12H14O3/c1-2-15-11(13)12(14)8-7-9-5-3-4-6-10(9)12/h3-6,14H,2,7-8H2,1H3. The van der Waals surface area contributed by atoms with Gasteiger partial charge in [-0.3, -0.25) is 0 Å². The van der Waals surface area contributed by atoms with Crippen LogP contribution < -0.4 is 0 Å². The average molecular weight is 206 g/mol. The molecule has 0 radical (unpaired) electrons. The fourth-order valence-corrected chi connectivity index (χ4v) is 2.05. The summed E-state index contributed by atoms with van der Waals surface area (Å²) in [5, 5.41) is 10.3. The van der Waals surface area contributed by atoms with Gasteiger partial charge in [-0.25, -0.2) is 4.79 Å². The van der Waals surface area contributed by atoms with Gasteiger partial charge in [-0.05, 0) is 30.9 Å². The smallest absolute Gasteiger partial charge is 0.342 e. The maximum Gasteiger partial charge on any atom is 0.342 e. The number of hydrogen-bond acceptors (Lipinski definition) is 3. The first-order valence-electron chi connectivity index (χ1n) is 5.16. The van der Waals surface area contributed by atoms with E-state index in [0.717, 1.165) is 12.0 Å². The van der Waals surface area contributed by atoms with Crippen LogP contribution in [-0.4, -0.2) is 17.7 Å². The zero-order valence-electron chi connectivity index (χ0n) is 8.69. The van der Waals surface area contributed by atoms with Crippen LogP contribution in [0.25, 0.3) is 0 Å². The summed E-state index contributed by atoms with van der Waals surface area (Å²) in [5.41, 5.74) is 0.309. The van der Waals surface area contributed by atoms with Gasteiger partial charge in [0.1, 0.15) is 0 Å². The molecule has 1 N–H and O–H groups in total. The van der Waals surface area contributed by atoms with Gasteiger partial charge in [-0.2, -0.15) is 0 Å². The third kappa shape index (κ3) is 1.53. The first-order chi connectivity index (χ1) is 7.18. The first-order valence-corrected chi connectivity index (χ1v) is 5.16. The van der Waals surface area contributed by atoms with E-state index in [9.17, 15) is 9.90 Å². The van der Waals surface area contributed by atoms with Gasteiger partial charge in [0.15, 0.2) is 5.60 Å². The van der Waals surface area contributed by atoms with Crippen molar-refractivity contribution in [3.8, 4) is 0 Å². The molecule has 0 saturated heterocycles. The molecule has 0 heterocycles. The lowest BCUT2D eigenvalue weighted by atomic mass is 9.96. The monoisotopic (exact) mass is 206 g/mol. The second-order valence-electron chi connectivity index (χ2n) is 3.74. The number of ether oxygens (including phenoxy) is 1. The Kier molecular flexibility index (Phi) is 2.49. The van der Waals surface area contributed by atoms with Crippen LogP contribution in [0.5, 0.6) is 0 Å². The highest BCUT2D eigenvalue weighted by Crippen LogP contribution is 2.37. The number of aliphatic hydroxyl groups is 1. The predicted molar refractivity (Wildman–Crippen MR) is 55.3 cm³/mol. The number of carbonyl (C=O) groups excluding carboxylic acids is 1. The SMILES string of the molecule is CCOC(=O)C1(O)CCc2ccccc21. The Balaban J connectivity index is 2.36. The highest BCUT2D eigenvalue weighted by molar-refractivity contribution is 5.82. The van der Waals surface area contributed by atoms with E-state index < -0.39 is 11.6 Å². The lowest BCUT2D eigenvalue weighted by Gasteiger charge is -2.21. The van der Waals surface area contributed by atoms with E-state index in [-0.39, 0.29) is 0 Å². The average Bonchev–Trinajstić information content (AvgIpc) is 2.59. The molecule has 80 valence electrons. The van der Waals surface area contributed by atoms with Crippen molar-refractivity contribution in [3.63, 3.8) is 0 Å². The van der Waals surface area contributed by atoms with E-state index >= 15 is 0 Å². The molecule has 1 unspecified atom stereocenters. The molecular formula is C12H14O3. The Labute approximate surface area is 88.7 Å². The molecule has 0 aromatic heterocycles. The van der Waals surface area contributed by atoms with Crippen molar-refractivity contribution in [2.24, 2.45) is 0 Å². The number of esters is 1. The lowest BCUT2D eigenvalue weighted by Crippen LogP contribution is -2.35. The van der Waals surface area contributed by atoms with Gasteiger partial charge in [0.2, 0.25) is 0 Å². The summed E-state index contributed by atoms with van der Waals surface area (Å²) in [4.78, 5) is 11.7. The largest absolute Gasteiger partial charge is 0.464 e. The summed E-state index contributed by atoms with van der Waals surface area (Å²) in [6.07, 6.45) is 1.15. The van der Waals surface area contributed by atoms with Crippen molar-refractivity contribution in [3.05, 3.63) is 35.4 Å². The maximum absolute atomic E-state index is 11.7. The molecule has 1 aromatic carbocycles. The summed E-state index contributed by atoms with van der Waals surface area (Å²) < 4.78 is 4.90. The Bertz CT molecular complexity index is 386. The van der Waals surface area contributed by atoms with Crippen LogP contribution in [0.4, 0.5) is 0 Å². The van der Waals surface area contributed by atoms with Crippen LogP contribution in [-0.2, 0) is 21.6 Å². The second kappa shape index (κ2) is 3.66. The molecule has 2 rings (SSSR count). The number of hydrogen-bond donors (Lipinski definition) is 1. The molecule has 1 atom stereocenters. The van der Waals surface area contributed by atoms with Gasteiger partial charge in [0, 0.05) is 0 Å². The summed E-state index contributed by atoms with van der Waals surface area (Å²) in [7, 11) is 0. The van der Waals surface area contributed by atoms with Crippen LogP contribution in [0.2, 0.25) is 0 Å². The van der Waals surface area contributed by atoms with Crippen LogP contribution >= 0.6 is 0 Å². The zero-order valence-corrected chi connectivity index (χ0v) is 8.69. The second-order valence-corrected chi connectivity index (χ2v) is 3.74. The lowest BCUT2D eigenvalue weighted by molar-refractivity contribution is -0.166. The van der Waals surface area contributed by atoms with E-state index in [4.69, 9.17) is 4.74 Å². The molecule has 15 heavy (non-hydrogen) atoms. The topological polar surface area (TPSA) is 46.5 Å². The van der Waals surface area contributed by atoms with Crippen molar-refractivity contribution in [2.75, 3.05) is 6.61 Å². The van der Waals surface area contributed by atoms with Crippen LogP contribution in [0, 0.1) is 0 Å². The number of benzene rings is 1. The summed E-state index contributed by atoms with van der Waals surface area (Å²) in [6, 6.07) is 7.47. The Morgan fingerprint density at radius 3 is 3.00 bits per heavy atom. The van der Waals surface area contributed by atoms with Gasteiger partial charge < -0.3 is 9.84 Å². The number of carbonyl (C=O) groups is 1. The summed E-state index contributed by atoms with van der Waals surface area (Å²) in [5.74, 6) is -0.532. The van der Waals surface area contributed by atoms with Gasteiger partial charge in [-0.1, -0.05) is 24.3 Å². The van der Waals surface area contributed by atoms with Crippen LogP contribution in [0.1, 0.15) is 24.5 Å². The van der Waals surface area contributed by atoms with Gasteiger partial charge in [0.05, 0.1) is 6.61 Å². The van der Waals surface area contributed by atoms with E-state index in [1.165, 1.54) is 0 Å². The fraction of sp³-hybridized carbons (Fsp3) is 0.417. The Morgan fingerprint density at radius 1 is 1.53 bits per heavy atom. The maximum atomic E-state index is 11.7. The Morgan fingerprint density at radius 2 is 2.27 bits per heavy atom. The minimum Gasteiger partial charge on any atom is -0.464 e. The Hall–Kier alpha value is -1.35. The zero-order chi connectivity index (χ0) is 10.9. The molecule has 0 fully saturated rings. The van der Waals surface area contributed by atoms with Crippen molar-refractivity contribution >= 4 is 5.97 Å². The van der Waals surface area contributed by atoms with E-state index in [0.29, 0.717) is 18.6 Å². The van der Waals surface area contributed by atoms with Crippen LogP contribution in [0.3, 0.4) is 0 Å². The van der Waals surface area contributed by atoms with Gasteiger partial charge in [-0.15, -0.1) is 0 Å². The van der Waals surface area contributed by atoms with Gasteiger partial charge >= 0.3 is 5.97 Å². The van der Waals surface area contributed by atoms with E-state index in [1.807, 2.05) is 18.2 Å². The molecule has 1 aliphatic carbocycles. The van der Waals surface area contributed by atoms with Crippen molar-refractivity contribution in [2.45, 2.75) is 25.4 Å². The van der Waals surface area contributed by atoms with E-state index in [1.54, 1.807) is 13.0 Å². The van der Waals surface area contributed by atoms with Crippen molar-refractivity contribution < 1.29 is 14.6 Å². The molecule has 0 spiro atoms. The minimum atomic E-state index is -1.42. The number of fused-ring (bicyclic) bond motifs is 1. The van der Waals surface area contributed by atoms with Gasteiger partial charge in [0.25, 0.3) is 0 Å². The first kappa shape index (κ1) is 10.2. The molecule has 0 aliphatic heterocycles. The van der Waals surface area contributed by atoms with Crippen molar-refractivity contribution in [1.82, 2.24) is 0 Å². The van der Waals surface area contributed by atoms with Crippen molar-refractivity contribution in [1.29, 1.82) is 0 Å². The molecule has 1 aliphatic rings. The molecule has 3 heteroatoms. The fourth-order valence-electron chi connectivity index (χ4n) is 2.05. The molecule has 0 saturated carbocycles. The number of rotatable bonds is 2. The predicted octanol–water partition coefficient (Wildman–Crippen LogP) is 1.38. The highest BCUT2D eigenvalue weighted by atomic mass is 16.5. The third-order valence-corrected chi connectivity index (χ3v) is 2.83. The molecule has 0 bridgehead atoms. The molecular weight excluding hydrogens is 192 g/mol. The van der Waals surface area contributed by atoms with Crippen LogP contribution in [0.15, 0.2) is 24.3 Å². The molecule has 1 aromatic rings. The third-order valence-electron chi connectivity index (χ3n) is 2.83. The molecule has 3 nitrogen and oxygen atoms in total. The quantitative estimate of drug-likeness (QED) is 0.744. The normalized spacial score (nSPS) is 23.6. The van der Waals surface area contributed by atoms with E-state index in [2.05, 4.69) is 0 Å². The molecule has 0 amide bonds.